The summed E-state index contributed by atoms with van der Waals surface area (Å²) in [5.74, 6) is 0.309. The first-order valence-electron chi connectivity index (χ1n) is 6.89. The third-order valence-electron chi connectivity index (χ3n) is 3.96. The van der Waals surface area contributed by atoms with E-state index in [9.17, 15) is 9.90 Å². The van der Waals surface area contributed by atoms with Crippen molar-refractivity contribution in [3.63, 3.8) is 0 Å². The lowest BCUT2D eigenvalue weighted by atomic mass is 9.81. The van der Waals surface area contributed by atoms with Crippen molar-refractivity contribution in [2.24, 2.45) is 5.41 Å². The average molecular weight is 226 g/mol. The summed E-state index contributed by atoms with van der Waals surface area (Å²) in [6.07, 6.45) is 11.0. The molecule has 1 fully saturated rings. The Morgan fingerprint density at radius 1 is 1.19 bits per heavy atom. The zero-order valence-electron chi connectivity index (χ0n) is 10.6. The first-order chi connectivity index (χ1) is 7.75. The molecule has 0 aromatic heterocycles. The van der Waals surface area contributed by atoms with Crippen molar-refractivity contribution >= 4 is 5.78 Å². The van der Waals surface area contributed by atoms with Gasteiger partial charge in [-0.25, -0.2) is 0 Å². The first-order valence-corrected chi connectivity index (χ1v) is 6.89. The molecule has 0 aromatic carbocycles. The van der Waals surface area contributed by atoms with Crippen LogP contribution in [0.2, 0.25) is 0 Å². The van der Waals surface area contributed by atoms with E-state index < -0.39 is 0 Å². The van der Waals surface area contributed by atoms with E-state index in [1.807, 2.05) is 0 Å². The molecule has 1 aliphatic rings. The minimum atomic E-state index is -0.343. The third kappa shape index (κ3) is 3.58. The molecule has 1 rings (SSSR count). The quantitative estimate of drug-likeness (QED) is 0.643. The lowest BCUT2D eigenvalue weighted by molar-refractivity contribution is -0.128. The van der Waals surface area contributed by atoms with Crippen molar-refractivity contribution in [2.75, 3.05) is 6.61 Å². The van der Waals surface area contributed by atoms with Crippen molar-refractivity contribution in [2.45, 2.75) is 71.1 Å². The summed E-state index contributed by atoms with van der Waals surface area (Å²) in [4.78, 5) is 11.7. The van der Waals surface area contributed by atoms with Gasteiger partial charge < -0.3 is 5.11 Å². The van der Waals surface area contributed by atoms with Crippen molar-refractivity contribution in [1.29, 1.82) is 0 Å². The summed E-state index contributed by atoms with van der Waals surface area (Å²) in [5.41, 5.74) is -0.343. The van der Waals surface area contributed by atoms with Crippen LogP contribution in [0.3, 0.4) is 0 Å². The largest absolute Gasteiger partial charge is 0.395 e. The summed E-state index contributed by atoms with van der Waals surface area (Å²) in [7, 11) is 0. The van der Waals surface area contributed by atoms with Gasteiger partial charge in [0.05, 0.1) is 12.0 Å². The van der Waals surface area contributed by atoms with Crippen LogP contribution < -0.4 is 0 Å². The van der Waals surface area contributed by atoms with Crippen LogP contribution in [0.15, 0.2) is 0 Å². The number of rotatable bonds is 8. The average Bonchev–Trinajstić information content (AvgIpc) is 2.66. The summed E-state index contributed by atoms with van der Waals surface area (Å²) in [5, 5.41) is 9.41. The van der Waals surface area contributed by atoms with Crippen LogP contribution in [0.25, 0.3) is 0 Å². The second kappa shape index (κ2) is 7.05. The number of Topliss-reactive ketones (excluding diaryl/α,β-unsaturated/α-hetero) is 1. The maximum absolute atomic E-state index is 11.7. The minimum Gasteiger partial charge on any atom is -0.395 e. The molecule has 1 N–H and O–H groups in total. The van der Waals surface area contributed by atoms with E-state index in [0.29, 0.717) is 12.2 Å². The molecule has 2 heteroatoms. The van der Waals surface area contributed by atoms with Gasteiger partial charge in [0.15, 0.2) is 0 Å². The molecule has 0 heterocycles. The Morgan fingerprint density at radius 2 is 1.88 bits per heavy atom. The Bertz CT molecular complexity index is 213. The Morgan fingerprint density at radius 3 is 2.44 bits per heavy atom. The molecule has 0 saturated heterocycles. The van der Waals surface area contributed by atoms with Gasteiger partial charge in [-0.2, -0.15) is 0 Å². The molecule has 0 aliphatic heterocycles. The van der Waals surface area contributed by atoms with Crippen LogP contribution in [0.1, 0.15) is 71.1 Å². The van der Waals surface area contributed by atoms with Gasteiger partial charge in [-0.05, 0) is 19.3 Å². The molecule has 0 spiro atoms. The monoisotopic (exact) mass is 226 g/mol. The molecule has 1 saturated carbocycles. The number of carbonyl (C=O) groups excluding carboxylic acids is 1. The number of unbranched alkanes of at least 4 members (excludes halogenated alkanes) is 5. The molecule has 2 nitrogen and oxygen atoms in total. The summed E-state index contributed by atoms with van der Waals surface area (Å²) >= 11 is 0. The molecule has 94 valence electrons. The fourth-order valence-corrected chi connectivity index (χ4v) is 2.75. The minimum absolute atomic E-state index is 0.0702. The van der Waals surface area contributed by atoms with E-state index >= 15 is 0 Å². The van der Waals surface area contributed by atoms with Crippen LogP contribution in [0.4, 0.5) is 0 Å². The smallest absolute Gasteiger partial charge is 0.141 e. The first kappa shape index (κ1) is 13.7. The third-order valence-corrected chi connectivity index (χ3v) is 3.96. The molecule has 0 amide bonds. The Kier molecular flexibility index (Phi) is 6.04. The summed E-state index contributed by atoms with van der Waals surface area (Å²) in [6, 6.07) is 0. The zero-order chi connectivity index (χ0) is 11.9. The molecule has 1 atom stereocenters. The predicted molar refractivity (Wildman–Crippen MR) is 66.4 cm³/mol. The molecule has 0 radical (unpaired) electrons. The van der Waals surface area contributed by atoms with E-state index in [4.69, 9.17) is 0 Å². The van der Waals surface area contributed by atoms with Crippen molar-refractivity contribution in [3.05, 3.63) is 0 Å². The van der Waals surface area contributed by atoms with E-state index in [1.165, 1.54) is 32.1 Å². The second-order valence-corrected chi connectivity index (χ2v) is 5.23. The van der Waals surface area contributed by atoms with Crippen molar-refractivity contribution in [1.82, 2.24) is 0 Å². The molecular weight excluding hydrogens is 200 g/mol. The van der Waals surface area contributed by atoms with Crippen LogP contribution in [-0.4, -0.2) is 17.5 Å². The Hall–Kier alpha value is -0.370. The Balaban J connectivity index is 2.17. The van der Waals surface area contributed by atoms with Gasteiger partial charge in [-0.1, -0.05) is 45.4 Å². The zero-order valence-corrected chi connectivity index (χ0v) is 10.6. The van der Waals surface area contributed by atoms with Gasteiger partial charge in [-0.3, -0.25) is 4.79 Å². The molecule has 16 heavy (non-hydrogen) atoms. The van der Waals surface area contributed by atoms with Gasteiger partial charge in [0.1, 0.15) is 5.78 Å². The van der Waals surface area contributed by atoms with E-state index in [-0.39, 0.29) is 12.0 Å². The van der Waals surface area contributed by atoms with E-state index in [0.717, 1.165) is 25.7 Å². The van der Waals surface area contributed by atoms with Gasteiger partial charge in [0, 0.05) is 6.42 Å². The SMILES string of the molecule is CCCCCCCCC1(CO)CCCC1=O. The normalized spacial score (nSPS) is 25.2. The van der Waals surface area contributed by atoms with Crippen LogP contribution in [-0.2, 0) is 4.79 Å². The van der Waals surface area contributed by atoms with Crippen LogP contribution in [0, 0.1) is 5.41 Å². The molecule has 1 aliphatic carbocycles. The standard InChI is InChI=1S/C14H26O2/c1-2-3-4-5-6-7-10-14(12-15)11-8-9-13(14)16/h15H,2-12H2,1H3. The second-order valence-electron chi connectivity index (χ2n) is 5.23. The maximum atomic E-state index is 11.7. The maximum Gasteiger partial charge on any atom is 0.141 e. The topological polar surface area (TPSA) is 37.3 Å². The van der Waals surface area contributed by atoms with Gasteiger partial charge in [-0.15, -0.1) is 0 Å². The number of aliphatic hydroxyl groups excluding tert-OH is 1. The molecule has 0 bridgehead atoms. The number of ketones is 1. The summed E-state index contributed by atoms with van der Waals surface area (Å²) in [6.45, 7) is 2.29. The lowest BCUT2D eigenvalue weighted by Crippen LogP contribution is -2.29. The highest BCUT2D eigenvalue weighted by molar-refractivity contribution is 5.86. The highest BCUT2D eigenvalue weighted by atomic mass is 16.3. The van der Waals surface area contributed by atoms with Gasteiger partial charge >= 0.3 is 0 Å². The fourth-order valence-electron chi connectivity index (χ4n) is 2.75. The van der Waals surface area contributed by atoms with Crippen molar-refractivity contribution in [3.8, 4) is 0 Å². The number of carbonyl (C=O) groups is 1. The number of hydrogen-bond acceptors (Lipinski definition) is 2. The highest BCUT2D eigenvalue weighted by Gasteiger charge is 2.40. The van der Waals surface area contributed by atoms with Gasteiger partial charge in [0.25, 0.3) is 0 Å². The van der Waals surface area contributed by atoms with Crippen molar-refractivity contribution < 1.29 is 9.90 Å². The fraction of sp³-hybridized carbons (Fsp3) is 0.929. The van der Waals surface area contributed by atoms with Gasteiger partial charge in [0.2, 0.25) is 0 Å². The van der Waals surface area contributed by atoms with Crippen LogP contribution in [0.5, 0.6) is 0 Å². The predicted octanol–water partition coefficient (Wildman–Crippen LogP) is 3.47. The number of aliphatic hydroxyl groups is 1. The van der Waals surface area contributed by atoms with E-state index in [2.05, 4.69) is 6.92 Å². The summed E-state index contributed by atoms with van der Waals surface area (Å²) < 4.78 is 0. The lowest BCUT2D eigenvalue weighted by Gasteiger charge is -2.24. The van der Waals surface area contributed by atoms with Crippen LogP contribution >= 0.6 is 0 Å². The van der Waals surface area contributed by atoms with E-state index in [1.54, 1.807) is 0 Å². The molecule has 1 unspecified atom stereocenters. The molecule has 0 aromatic rings. The molecular formula is C14H26O2. The highest BCUT2D eigenvalue weighted by Crippen LogP contribution is 2.39. The Labute approximate surface area is 99.4 Å². The number of hydrogen-bond donors (Lipinski definition) is 1.